The number of nitrogens with zero attached hydrogens (tertiary/aromatic N) is 2. The zero-order valence-corrected chi connectivity index (χ0v) is 16.9. The molecule has 2 aromatic carbocycles. The lowest BCUT2D eigenvalue weighted by atomic mass is 10.2. The number of nitrogens with one attached hydrogen (secondary N) is 1. The predicted octanol–water partition coefficient (Wildman–Crippen LogP) is 3.16. The lowest BCUT2D eigenvalue weighted by molar-refractivity contribution is 0.0742. The molecule has 7 heteroatoms. The van der Waals surface area contributed by atoms with E-state index in [0.717, 1.165) is 35.4 Å². The summed E-state index contributed by atoms with van der Waals surface area (Å²) in [5.74, 6) is 2.18. The van der Waals surface area contributed by atoms with Crippen molar-refractivity contribution in [2.24, 2.45) is 0 Å². The van der Waals surface area contributed by atoms with Gasteiger partial charge in [0, 0.05) is 49.4 Å². The van der Waals surface area contributed by atoms with Gasteiger partial charge in [0.2, 0.25) is 0 Å². The number of rotatable bonds is 5. The number of anilines is 1. The summed E-state index contributed by atoms with van der Waals surface area (Å²) in [4.78, 5) is 20.4. The number of ether oxygens (including phenoxy) is 3. The van der Waals surface area contributed by atoms with Crippen LogP contribution in [-0.4, -0.2) is 63.3 Å². The van der Waals surface area contributed by atoms with E-state index in [-0.39, 0.29) is 5.91 Å². The lowest BCUT2D eigenvalue weighted by Gasteiger charge is -2.36. The third kappa shape index (κ3) is 3.68. The summed E-state index contributed by atoms with van der Waals surface area (Å²) >= 11 is 0. The summed E-state index contributed by atoms with van der Waals surface area (Å²) in [5.41, 5.74) is 2.46. The molecule has 0 saturated carbocycles. The molecule has 3 aromatic rings. The quantitative estimate of drug-likeness (QED) is 0.719. The van der Waals surface area contributed by atoms with Gasteiger partial charge in [-0.2, -0.15) is 0 Å². The zero-order chi connectivity index (χ0) is 20.4. The van der Waals surface area contributed by atoms with E-state index in [4.69, 9.17) is 14.2 Å². The number of carbonyl (C=O) groups is 1. The van der Waals surface area contributed by atoms with E-state index in [1.807, 2.05) is 35.2 Å². The fraction of sp³-hybridized carbons (Fsp3) is 0.318. The van der Waals surface area contributed by atoms with Gasteiger partial charge in [0.15, 0.2) is 0 Å². The largest absolute Gasteiger partial charge is 0.497 e. The molecule has 0 unspecified atom stereocenters. The summed E-state index contributed by atoms with van der Waals surface area (Å²) < 4.78 is 16.1. The minimum absolute atomic E-state index is 0.00693. The van der Waals surface area contributed by atoms with E-state index < -0.39 is 0 Å². The number of piperazine rings is 1. The number of amides is 1. The fourth-order valence-electron chi connectivity index (χ4n) is 3.72. The monoisotopic (exact) mass is 395 g/mol. The molecule has 29 heavy (non-hydrogen) atoms. The summed E-state index contributed by atoms with van der Waals surface area (Å²) in [5, 5.41) is 0.888. The van der Waals surface area contributed by atoms with Gasteiger partial charge in [-0.25, -0.2) is 0 Å². The maximum absolute atomic E-state index is 13.1. The smallest absolute Gasteiger partial charge is 0.270 e. The first-order valence-corrected chi connectivity index (χ1v) is 9.56. The molecule has 0 bridgehead atoms. The van der Waals surface area contributed by atoms with Crippen LogP contribution in [0.4, 0.5) is 5.69 Å². The average Bonchev–Trinajstić information content (AvgIpc) is 3.22. The standard InChI is InChI=1S/C22H25N3O4/c1-27-17-6-4-5-16(13-17)24-7-9-25(10-8-24)22(26)19-12-15-11-18(28-2)14-20(29-3)21(15)23-19/h4-6,11-14,23H,7-10H2,1-3H3. The molecule has 0 atom stereocenters. The predicted molar refractivity (Wildman–Crippen MR) is 113 cm³/mol. The molecule has 2 heterocycles. The Morgan fingerprint density at radius 3 is 2.34 bits per heavy atom. The summed E-state index contributed by atoms with van der Waals surface area (Å²) in [6, 6.07) is 13.6. The normalized spacial score (nSPS) is 14.2. The van der Waals surface area contributed by atoms with E-state index >= 15 is 0 Å². The molecular weight excluding hydrogens is 370 g/mol. The molecule has 1 fully saturated rings. The first kappa shape index (κ1) is 19.0. The molecule has 1 saturated heterocycles. The first-order valence-electron chi connectivity index (χ1n) is 9.56. The Hall–Kier alpha value is -3.35. The van der Waals surface area contributed by atoms with Crippen LogP contribution in [0.5, 0.6) is 17.2 Å². The number of fused-ring (bicyclic) bond motifs is 1. The molecule has 1 aliphatic heterocycles. The number of hydrogen-bond acceptors (Lipinski definition) is 5. The van der Waals surface area contributed by atoms with E-state index in [9.17, 15) is 4.79 Å². The van der Waals surface area contributed by atoms with Crippen molar-refractivity contribution in [2.75, 3.05) is 52.4 Å². The second-order valence-electron chi connectivity index (χ2n) is 6.96. The number of benzene rings is 2. The summed E-state index contributed by atoms with van der Waals surface area (Å²) in [6.07, 6.45) is 0. The zero-order valence-electron chi connectivity index (χ0n) is 16.9. The Morgan fingerprint density at radius 2 is 1.66 bits per heavy atom. The molecule has 0 radical (unpaired) electrons. The van der Waals surface area contributed by atoms with Crippen LogP contribution in [0.25, 0.3) is 10.9 Å². The Balaban J connectivity index is 1.49. The van der Waals surface area contributed by atoms with Gasteiger partial charge in [-0.1, -0.05) is 6.07 Å². The summed E-state index contributed by atoms with van der Waals surface area (Å²) in [7, 11) is 4.89. The Morgan fingerprint density at radius 1 is 0.897 bits per heavy atom. The highest BCUT2D eigenvalue weighted by molar-refractivity contribution is 6.00. The van der Waals surface area contributed by atoms with Gasteiger partial charge in [0.1, 0.15) is 22.9 Å². The lowest BCUT2D eigenvalue weighted by Crippen LogP contribution is -2.48. The third-order valence-corrected chi connectivity index (χ3v) is 5.34. The van der Waals surface area contributed by atoms with Gasteiger partial charge in [-0.05, 0) is 24.3 Å². The van der Waals surface area contributed by atoms with Crippen LogP contribution >= 0.6 is 0 Å². The maximum atomic E-state index is 13.1. The van der Waals surface area contributed by atoms with Crippen molar-refractivity contribution in [3.8, 4) is 17.2 Å². The van der Waals surface area contributed by atoms with Crippen molar-refractivity contribution in [3.63, 3.8) is 0 Å². The molecule has 1 aliphatic rings. The molecule has 1 aromatic heterocycles. The highest BCUT2D eigenvalue weighted by Crippen LogP contribution is 2.31. The van der Waals surface area contributed by atoms with Crippen molar-refractivity contribution >= 4 is 22.5 Å². The highest BCUT2D eigenvalue weighted by atomic mass is 16.5. The van der Waals surface area contributed by atoms with E-state index in [0.29, 0.717) is 30.3 Å². The van der Waals surface area contributed by atoms with Gasteiger partial charge < -0.3 is 29.0 Å². The van der Waals surface area contributed by atoms with Crippen LogP contribution in [0.3, 0.4) is 0 Å². The van der Waals surface area contributed by atoms with Gasteiger partial charge in [0.25, 0.3) is 5.91 Å². The SMILES string of the molecule is COc1cccc(N2CCN(C(=O)c3cc4cc(OC)cc(OC)c4[nH]3)CC2)c1. The molecule has 0 aliphatic carbocycles. The molecule has 152 valence electrons. The number of carbonyl (C=O) groups excluding carboxylic acids is 1. The van der Waals surface area contributed by atoms with Crippen LogP contribution < -0.4 is 19.1 Å². The first-order chi connectivity index (χ1) is 14.1. The maximum Gasteiger partial charge on any atom is 0.270 e. The Bertz CT molecular complexity index is 1020. The minimum atomic E-state index is -0.00693. The van der Waals surface area contributed by atoms with E-state index in [1.165, 1.54) is 0 Å². The number of methoxy groups -OCH3 is 3. The van der Waals surface area contributed by atoms with Crippen LogP contribution in [-0.2, 0) is 0 Å². The molecule has 4 rings (SSSR count). The molecule has 0 spiro atoms. The minimum Gasteiger partial charge on any atom is -0.497 e. The molecule has 7 nitrogen and oxygen atoms in total. The van der Waals surface area contributed by atoms with Crippen molar-refractivity contribution in [1.82, 2.24) is 9.88 Å². The van der Waals surface area contributed by atoms with Crippen molar-refractivity contribution in [2.45, 2.75) is 0 Å². The van der Waals surface area contributed by atoms with Crippen molar-refractivity contribution in [1.29, 1.82) is 0 Å². The molecule has 1 N–H and O–H groups in total. The van der Waals surface area contributed by atoms with Gasteiger partial charge in [0.05, 0.1) is 26.8 Å². The third-order valence-electron chi connectivity index (χ3n) is 5.34. The Labute approximate surface area is 169 Å². The summed E-state index contributed by atoms with van der Waals surface area (Å²) in [6.45, 7) is 2.87. The van der Waals surface area contributed by atoms with Crippen molar-refractivity contribution < 1.29 is 19.0 Å². The van der Waals surface area contributed by atoms with E-state index in [1.54, 1.807) is 27.4 Å². The number of aromatic amines is 1. The van der Waals surface area contributed by atoms with Crippen LogP contribution in [0, 0.1) is 0 Å². The van der Waals surface area contributed by atoms with Crippen LogP contribution in [0.15, 0.2) is 42.5 Å². The topological polar surface area (TPSA) is 67.0 Å². The van der Waals surface area contributed by atoms with Gasteiger partial charge in [-0.3, -0.25) is 4.79 Å². The molecular formula is C22H25N3O4. The number of hydrogen-bond donors (Lipinski definition) is 1. The van der Waals surface area contributed by atoms with E-state index in [2.05, 4.69) is 16.0 Å². The van der Waals surface area contributed by atoms with Gasteiger partial charge >= 0.3 is 0 Å². The highest BCUT2D eigenvalue weighted by Gasteiger charge is 2.24. The van der Waals surface area contributed by atoms with Gasteiger partial charge in [-0.15, -0.1) is 0 Å². The Kier molecular flexibility index (Phi) is 5.20. The van der Waals surface area contributed by atoms with Crippen molar-refractivity contribution in [3.05, 3.63) is 48.2 Å². The number of aromatic nitrogens is 1. The van der Waals surface area contributed by atoms with Crippen LogP contribution in [0.2, 0.25) is 0 Å². The van der Waals surface area contributed by atoms with Crippen LogP contribution in [0.1, 0.15) is 10.5 Å². The fourth-order valence-corrected chi connectivity index (χ4v) is 3.72. The average molecular weight is 395 g/mol. The number of H-pyrrole nitrogens is 1. The second kappa shape index (κ2) is 7.95. The second-order valence-corrected chi connectivity index (χ2v) is 6.96. The molecule has 1 amide bonds.